The number of hydrogen-bond acceptors (Lipinski definition) is 1. The van der Waals surface area contributed by atoms with Gasteiger partial charge in [0.05, 0.1) is 6.07 Å². The van der Waals surface area contributed by atoms with Gasteiger partial charge in [0.25, 0.3) is 0 Å². The van der Waals surface area contributed by atoms with Crippen molar-refractivity contribution in [3.05, 3.63) is 42.3 Å². The highest BCUT2D eigenvalue weighted by Gasteiger charge is 2.01. The van der Waals surface area contributed by atoms with Crippen LogP contribution in [0.4, 0.5) is 0 Å². The summed E-state index contributed by atoms with van der Waals surface area (Å²) in [7, 11) is 0. The summed E-state index contributed by atoms with van der Waals surface area (Å²) in [6.07, 6.45) is 3.81. The van der Waals surface area contributed by atoms with Crippen LogP contribution in [0.5, 0.6) is 0 Å². The maximum atomic E-state index is 8.47. The Morgan fingerprint density at radius 1 is 1.38 bits per heavy atom. The Morgan fingerprint density at radius 2 is 2.08 bits per heavy atom. The van der Waals surface area contributed by atoms with E-state index in [1.807, 2.05) is 18.2 Å². The topological polar surface area (TPSA) is 23.8 Å². The minimum Gasteiger partial charge on any atom is -0.198 e. The SMILES string of the molecule is CC(CC#N)C[CH]c1ccccc1. The highest BCUT2D eigenvalue weighted by Crippen LogP contribution is 2.13. The van der Waals surface area contributed by atoms with Gasteiger partial charge in [0, 0.05) is 6.42 Å². The molecule has 0 spiro atoms. The second kappa shape index (κ2) is 5.37. The number of benzene rings is 1. The van der Waals surface area contributed by atoms with E-state index in [0.717, 1.165) is 6.42 Å². The first-order valence-electron chi connectivity index (χ1n) is 4.58. The molecule has 0 saturated heterocycles. The van der Waals surface area contributed by atoms with Crippen molar-refractivity contribution in [1.82, 2.24) is 0 Å². The lowest BCUT2D eigenvalue weighted by Gasteiger charge is -2.05. The van der Waals surface area contributed by atoms with Gasteiger partial charge < -0.3 is 0 Å². The minimum atomic E-state index is 0.463. The van der Waals surface area contributed by atoms with Crippen LogP contribution in [0.2, 0.25) is 0 Å². The molecule has 0 fully saturated rings. The lowest BCUT2D eigenvalue weighted by atomic mass is 9.99. The molecule has 1 aromatic rings. The van der Waals surface area contributed by atoms with Crippen molar-refractivity contribution in [2.24, 2.45) is 5.92 Å². The molecule has 67 valence electrons. The van der Waals surface area contributed by atoms with Crippen molar-refractivity contribution in [3.63, 3.8) is 0 Å². The predicted octanol–water partition coefficient (Wildman–Crippen LogP) is 3.18. The molecule has 0 saturated carbocycles. The quantitative estimate of drug-likeness (QED) is 0.684. The van der Waals surface area contributed by atoms with E-state index in [1.165, 1.54) is 5.56 Å². The van der Waals surface area contributed by atoms with Crippen LogP contribution in [-0.4, -0.2) is 0 Å². The lowest BCUT2D eigenvalue weighted by Crippen LogP contribution is -1.93. The monoisotopic (exact) mass is 172 g/mol. The van der Waals surface area contributed by atoms with Crippen molar-refractivity contribution in [1.29, 1.82) is 5.26 Å². The third-order valence-electron chi connectivity index (χ3n) is 2.00. The summed E-state index contributed by atoms with van der Waals surface area (Å²) in [5.74, 6) is 0.463. The van der Waals surface area contributed by atoms with Gasteiger partial charge in [-0.1, -0.05) is 37.3 Å². The van der Waals surface area contributed by atoms with Crippen LogP contribution < -0.4 is 0 Å². The molecule has 0 aliphatic rings. The van der Waals surface area contributed by atoms with E-state index in [2.05, 4.69) is 31.5 Å². The number of hydrogen-bond donors (Lipinski definition) is 0. The molecule has 1 rings (SSSR count). The standard InChI is InChI=1S/C12H14N/c1-11(9-10-13)7-8-12-5-3-2-4-6-12/h2-6,8,11H,7,9H2,1H3. The third-order valence-corrected chi connectivity index (χ3v) is 2.00. The van der Waals surface area contributed by atoms with Gasteiger partial charge >= 0.3 is 0 Å². The van der Waals surface area contributed by atoms with Gasteiger partial charge in [-0.15, -0.1) is 0 Å². The molecule has 1 atom stereocenters. The number of rotatable bonds is 4. The molecule has 0 bridgehead atoms. The molecule has 0 aliphatic heterocycles. The highest BCUT2D eigenvalue weighted by atomic mass is 14.2. The molecule has 0 aromatic heterocycles. The summed E-state index contributed by atoms with van der Waals surface area (Å²) in [6.45, 7) is 2.10. The molecule has 0 amide bonds. The van der Waals surface area contributed by atoms with Crippen LogP contribution >= 0.6 is 0 Å². The first-order chi connectivity index (χ1) is 6.33. The van der Waals surface area contributed by atoms with Crippen LogP contribution in [0.25, 0.3) is 0 Å². The average molecular weight is 172 g/mol. The van der Waals surface area contributed by atoms with Crippen LogP contribution in [0.1, 0.15) is 25.3 Å². The molecule has 0 N–H and O–H groups in total. The molecule has 1 radical (unpaired) electrons. The summed E-state index contributed by atoms with van der Waals surface area (Å²) in [5, 5.41) is 8.47. The lowest BCUT2D eigenvalue weighted by molar-refractivity contribution is 0.593. The second-order valence-corrected chi connectivity index (χ2v) is 3.32. The summed E-state index contributed by atoms with van der Waals surface area (Å²) in [5.41, 5.74) is 1.24. The average Bonchev–Trinajstić information content (AvgIpc) is 2.17. The van der Waals surface area contributed by atoms with E-state index in [-0.39, 0.29) is 0 Å². The van der Waals surface area contributed by atoms with E-state index >= 15 is 0 Å². The molecular formula is C12H14N. The largest absolute Gasteiger partial charge is 0.198 e. The second-order valence-electron chi connectivity index (χ2n) is 3.32. The Morgan fingerprint density at radius 3 is 2.69 bits per heavy atom. The van der Waals surface area contributed by atoms with Crippen molar-refractivity contribution < 1.29 is 0 Å². The normalized spacial score (nSPS) is 12.0. The van der Waals surface area contributed by atoms with E-state index < -0.39 is 0 Å². The Balaban J connectivity index is 2.32. The molecule has 0 aliphatic carbocycles. The van der Waals surface area contributed by atoms with E-state index in [9.17, 15) is 0 Å². The zero-order valence-corrected chi connectivity index (χ0v) is 7.90. The summed E-state index contributed by atoms with van der Waals surface area (Å²) in [4.78, 5) is 0. The van der Waals surface area contributed by atoms with Gasteiger partial charge in [-0.05, 0) is 24.3 Å². The number of nitriles is 1. The molecule has 1 heteroatoms. The van der Waals surface area contributed by atoms with Gasteiger partial charge in [0.2, 0.25) is 0 Å². The fourth-order valence-corrected chi connectivity index (χ4v) is 1.17. The summed E-state index contributed by atoms with van der Waals surface area (Å²) in [6, 6.07) is 12.4. The molecule has 13 heavy (non-hydrogen) atoms. The summed E-state index contributed by atoms with van der Waals surface area (Å²) < 4.78 is 0. The minimum absolute atomic E-state index is 0.463. The molecular weight excluding hydrogens is 158 g/mol. The highest BCUT2D eigenvalue weighted by molar-refractivity contribution is 5.22. The van der Waals surface area contributed by atoms with Crippen LogP contribution in [0, 0.1) is 23.7 Å². The number of nitrogens with zero attached hydrogens (tertiary/aromatic N) is 1. The van der Waals surface area contributed by atoms with Crippen LogP contribution in [-0.2, 0) is 0 Å². The zero-order valence-electron chi connectivity index (χ0n) is 7.90. The Kier molecular flexibility index (Phi) is 4.05. The molecule has 1 unspecified atom stereocenters. The van der Waals surface area contributed by atoms with Crippen molar-refractivity contribution in [2.75, 3.05) is 0 Å². The Hall–Kier alpha value is -1.29. The zero-order chi connectivity index (χ0) is 9.52. The maximum absolute atomic E-state index is 8.47. The fourth-order valence-electron chi connectivity index (χ4n) is 1.17. The first kappa shape index (κ1) is 9.80. The molecule has 0 heterocycles. The van der Waals surface area contributed by atoms with E-state index in [0.29, 0.717) is 12.3 Å². The van der Waals surface area contributed by atoms with Crippen molar-refractivity contribution >= 4 is 0 Å². The Bertz CT molecular complexity index is 271. The first-order valence-corrected chi connectivity index (χ1v) is 4.58. The van der Waals surface area contributed by atoms with Gasteiger partial charge in [-0.3, -0.25) is 0 Å². The molecule has 1 aromatic carbocycles. The third kappa shape index (κ3) is 3.75. The summed E-state index contributed by atoms with van der Waals surface area (Å²) >= 11 is 0. The van der Waals surface area contributed by atoms with Crippen LogP contribution in [0.15, 0.2) is 30.3 Å². The van der Waals surface area contributed by atoms with Gasteiger partial charge in [-0.2, -0.15) is 5.26 Å². The van der Waals surface area contributed by atoms with E-state index in [4.69, 9.17) is 5.26 Å². The Labute approximate surface area is 80.0 Å². The van der Waals surface area contributed by atoms with Crippen molar-refractivity contribution in [2.45, 2.75) is 19.8 Å². The van der Waals surface area contributed by atoms with Gasteiger partial charge in [-0.25, -0.2) is 0 Å². The van der Waals surface area contributed by atoms with E-state index in [1.54, 1.807) is 0 Å². The maximum Gasteiger partial charge on any atom is 0.0624 e. The van der Waals surface area contributed by atoms with Crippen LogP contribution in [0.3, 0.4) is 0 Å². The molecule has 1 nitrogen and oxygen atoms in total. The smallest absolute Gasteiger partial charge is 0.0624 e. The van der Waals surface area contributed by atoms with Crippen molar-refractivity contribution in [3.8, 4) is 6.07 Å². The predicted molar refractivity (Wildman–Crippen MR) is 53.9 cm³/mol. The van der Waals surface area contributed by atoms with Gasteiger partial charge in [0.15, 0.2) is 0 Å². The van der Waals surface area contributed by atoms with Gasteiger partial charge in [0.1, 0.15) is 0 Å². The fraction of sp³-hybridized carbons (Fsp3) is 0.333.